The molecular weight excluding hydrogens is 493 g/mol. The van der Waals surface area contributed by atoms with Crippen LogP contribution in [0, 0.1) is 0 Å². The SMILES string of the molecule is C=CCCCCCCCCC(=O)O[C@H](COC(=O)CCCCCC)COP(=O)(O)OC[C@H](N)C(=O)O. The molecule has 0 aromatic heterocycles. The van der Waals surface area contributed by atoms with Crippen LogP contribution in [0.5, 0.6) is 0 Å². The van der Waals surface area contributed by atoms with E-state index in [1.54, 1.807) is 0 Å². The van der Waals surface area contributed by atoms with Gasteiger partial charge in [0.2, 0.25) is 0 Å². The molecule has 0 aliphatic heterocycles. The molecule has 4 N–H and O–H groups in total. The van der Waals surface area contributed by atoms with Crippen LogP contribution in [0.2, 0.25) is 0 Å². The normalized spacial score (nSPS) is 14.4. The summed E-state index contributed by atoms with van der Waals surface area (Å²) in [4.78, 5) is 44.7. The van der Waals surface area contributed by atoms with E-state index in [4.69, 9.17) is 24.8 Å². The summed E-state index contributed by atoms with van der Waals surface area (Å²) >= 11 is 0. The van der Waals surface area contributed by atoms with Crippen molar-refractivity contribution in [2.24, 2.45) is 5.73 Å². The lowest BCUT2D eigenvalue weighted by atomic mass is 10.1. The fourth-order valence-corrected chi connectivity index (χ4v) is 3.82. The number of unbranched alkanes of at least 4 members (excludes halogenated alkanes) is 9. The van der Waals surface area contributed by atoms with E-state index in [0.29, 0.717) is 12.8 Å². The number of ether oxygens (including phenoxy) is 2. The molecule has 0 fully saturated rings. The third-order valence-electron chi connectivity index (χ3n) is 5.16. The molecule has 0 aliphatic rings. The number of nitrogens with two attached hydrogens (primary N) is 1. The van der Waals surface area contributed by atoms with Gasteiger partial charge in [0.1, 0.15) is 12.6 Å². The van der Waals surface area contributed by atoms with Crippen LogP contribution in [0.15, 0.2) is 12.7 Å². The van der Waals surface area contributed by atoms with Gasteiger partial charge in [-0.3, -0.25) is 23.4 Å². The van der Waals surface area contributed by atoms with E-state index in [1.165, 1.54) is 0 Å². The molecule has 0 radical (unpaired) electrons. The molecule has 11 nitrogen and oxygen atoms in total. The van der Waals surface area contributed by atoms with Gasteiger partial charge in [-0.1, -0.05) is 57.9 Å². The monoisotopic (exact) mass is 537 g/mol. The van der Waals surface area contributed by atoms with E-state index in [2.05, 4.69) is 18.0 Å². The first-order valence-corrected chi connectivity index (χ1v) is 14.2. The molecule has 3 atom stereocenters. The molecule has 0 bridgehead atoms. The zero-order chi connectivity index (χ0) is 27.2. The highest BCUT2D eigenvalue weighted by Gasteiger charge is 2.28. The minimum absolute atomic E-state index is 0.148. The predicted molar refractivity (Wildman–Crippen MR) is 134 cm³/mol. The van der Waals surface area contributed by atoms with Crippen molar-refractivity contribution < 1.29 is 47.5 Å². The van der Waals surface area contributed by atoms with Gasteiger partial charge in [0, 0.05) is 12.8 Å². The summed E-state index contributed by atoms with van der Waals surface area (Å²) in [5.41, 5.74) is 5.24. The van der Waals surface area contributed by atoms with Crippen molar-refractivity contribution in [3.63, 3.8) is 0 Å². The van der Waals surface area contributed by atoms with E-state index in [0.717, 1.165) is 57.8 Å². The number of carboxylic acid groups (broad SMARTS) is 1. The van der Waals surface area contributed by atoms with Crippen LogP contribution in [0.1, 0.15) is 90.4 Å². The Hall–Kier alpha value is -1.78. The molecule has 12 heteroatoms. The summed E-state index contributed by atoms with van der Waals surface area (Å²) in [5.74, 6) is -2.43. The minimum Gasteiger partial charge on any atom is -0.480 e. The maximum Gasteiger partial charge on any atom is 0.472 e. The Kier molecular flexibility index (Phi) is 20.3. The topological polar surface area (TPSA) is 172 Å². The Labute approximate surface area is 214 Å². The van der Waals surface area contributed by atoms with E-state index in [1.807, 2.05) is 6.08 Å². The van der Waals surface area contributed by atoms with Crippen LogP contribution in [0.3, 0.4) is 0 Å². The lowest BCUT2D eigenvalue weighted by molar-refractivity contribution is -0.161. The molecule has 210 valence electrons. The van der Waals surface area contributed by atoms with E-state index in [9.17, 15) is 23.8 Å². The van der Waals surface area contributed by atoms with Crippen molar-refractivity contribution in [2.45, 2.75) is 103 Å². The third-order valence-corrected chi connectivity index (χ3v) is 6.11. The Bertz CT molecular complexity index is 688. The highest BCUT2D eigenvalue weighted by molar-refractivity contribution is 7.47. The molecule has 0 saturated carbocycles. The molecule has 0 rings (SSSR count). The van der Waals surface area contributed by atoms with Crippen molar-refractivity contribution in [3.05, 3.63) is 12.7 Å². The lowest BCUT2D eigenvalue weighted by Gasteiger charge is -2.20. The standard InChI is InChI=1S/C24H44NO10P/c1-3-5-7-9-10-11-12-14-16-23(27)35-20(17-32-22(26)15-13-8-6-4-2)18-33-36(30,31)34-19-21(25)24(28)29/h3,20-21H,1,4-19,25H2,2H3,(H,28,29)(H,30,31)/t20-,21+/m1/s1. The molecule has 0 aromatic carbocycles. The van der Waals surface area contributed by atoms with E-state index < -0.39 is 51.1 Å². The van der Waals surface area contributed by atoms with Gasteiger partial charge in [-0.15, -0.1) is 6.58 Å². The van der Waals surface area contributed by atoms with Crippen LogP contribution in [0.25, 0.3) is 0 Å². The highest BCUT2D eigenvalue weighted by atomic mass is 31.2. The smallest absolute Gasteiger partial charge is 0.472 e. The van der Waals surface area contributed by atoms with Crippen molar-refractivity contribution in [1.82, 2.24) is 0 Å². The van der Waals surface area contributed by atoms with Gasteiger partial charge in [-0.2, -0.15) is 0 Å². The number of esters is 2. The number of rotatable bonds is 24. The van der Waals surface area contributed by atoms with Crippen LogP contribution in [-0.2, 0) is 37.5 Å². The second-order valence-electron chi connectivity index (χ2n) is 8.56. The van der Waals surface area contributed by atoms with Crippen LogP contribution in [0.4, 0.5) is 0 Å². The van der Waals surface area contributed by atoms with Crippen LogP contribution in [-0.4, -0.2) is 59.9 Å². The lowest BCUT2D eigenvalue weighted by Crippen LogP contribution is -2.34. The summed E-state index contributed by atoms with van der Waals surface area (Å²) < 4.78 is 31.9. The first kappa shape index (κ1) is 34.2. The zero-order valence-electron chi connectivity index (χ0n) is 21.4. The Balaban J connectivity index is 4.62. The summed E-state index contributed by atoms with van der Waals surface area (Å²) in [7, 11) is -4.68. The fraction of sp³-hybridized carbons (Fsp3) is 0.792. The molecule has 0 saturated heterocycles. The van der Waals surface area contributed by atoms with Crippen molar-refractivity contribution in [1.29, 1.82) is 0 Å². The van der Waals surface area contributed by atoms with E-state index in [-0.39, 0.29) is 19.4 Å². The van der Waals surface area contributed by atoms with Gasteiger partial charge < -0.3 is 25.2 Å². The largest absolute Gasteiger partial charge is 0.480 e. The van der Waals surface area contributed by atoms with E-state index >= 15 is 0 Å². The molecule has 1 unspecified atom stereocenters. The predicted octanol–water partition coefficient (Wildman–Crippen LogP) is 4.26. The summed E-state index contributed by atoms with van der Waals surface area (Å²) in [5, 5.41) is 8.74. The maximum atomic E-state index is 12.3. The number of carboxylic acids is 1. The van der Waals surface area contributed by atoms with Crippen molar-refractivity contribution in [3.8, 4) is 0 Å². The van der Waals surface area contributed by atoms with Gasteiger partial charge >= 0.3 is 25.7 Å². The number of carbonyl (C=O) groups excluding carboxylic acids is 2. The third kappa shape index (κ3) is 20.4. The zero-order valence-corrected chi connectivity index (χ0v) is 22.3. The number of phosphoric acid groups is 1. The number of phosphoric ester groups is 1. The Morgan fingerprint density at radius 1 is 0.889 bits per heavy atom. The number of hydrogen-bond acceptors (Lipinski definition) is 9. The Morgan fingerprint density at radius 3 is 2.06 bits per heavy atom. The second kappa shape index (κ2) is 21.3. The fourth-order valence-electron chi connectivity index (χ4n) is 3.04. The quantitative estimate of drug-likeness (QED) is 0.0695. The van der Waals surface area contributed by atoms with Crippen LogP contribution < -0.4 is 5.73 Å². The second-order valence-corrected chi connectivity index (χ2v) is 10.0. The average molecular weight is 538 g/mol. The minimum atomic E-state index is -4.68. The molecule has 0 spiro atoms. The molecular formula is C24H44NO10P. The van der Waals surface area contributed by atoms with Gasteiger partial charge in [-0.05, 0) is 25.7 Å². The number of carbonyl (C=O) groups is 3. The summed E-state index contributed by atoms with van der Waals surface area (Å²) in [6.45, 7) is 4.05. The first-order valence-electron chi connectivity index (χ1n) is 12.7. The summed E-state index contributed by atoms with van der Waals surface area (Å²) in [6, 6.07) is -1.52. The maximum absolute atomic E-state index is 12.3. The average Bonchev–Trinajstić information content (AvgIpc) is 2.83. The van der Waals surface area contributed by atoms with Gasteiger partial charge in [0.05, 0.1) is 13.2 Å². The number of hydrogen-bond donors (Lipinski definition) is 3. The molecule has 36 heavy (non-hydrogen) atoms. The van der Waals surface area contributed by atoms with Gasteiger partial charge in [0.15, 0.2) is 6.10 Å². The highest BCUT2D eigenvalue weighted by Crippen LogP contribution is 2.43. The van der Waals surface area contributed by atoms with Crippen molar-refractivity contribution in [2.75, 3.05) is 19.8 Å². The molecule has 0 amide bonds. The Morgan fingerprint density at radius 2 is 1.44 bits per heavy atom. The van der Waals surface area contributed by atoms with Crippen LogP contribution >= 0.6 is 7.82 Å². The number of allylic oxidation sites excluding steroid dienone is 1. The number of aliphatic carboxylic acids is 1. The first-order chi connectivity index (χ1) is 17.1. The molecule has 0 aromatic rings. The van der Waals surface area contributed by atoms with Gasteiger partial charge in [0.25, 0.3) is 0 Å². The summed E-state index contributed by atoms with van der Waals surface area (Å²) in [6.07, 6.45) is 11.5. The molecule has 0 heterocycles. The van der Waals surface area contributed by atoms with Gasteiger partial charge in [-0.25, -0.2) is 4.57 Å². The molecule has 0 aliphatic carbocycles. The van der Waals surface area contributed by atoms with Crippen molar-refractivity contribution >= 4 is 25.7 Å².